The molecular formula is C29H32N2O2. The minimum Gasteiger partial charge on any atom is -0.372 e. The molecule has 0 bridgehead atoms. The van der Waals surface area contributed by atoms with Crippen molar-refractivity contribution in [1.29, 1.82) is 0 Å². The molecule has 4 heteroatoms. The van der Waals surface area contributed by atoms with E-state index in [-0.39, 0.29) is 5.91 Å². The number of likely N-dealkylation sites (tertiary alicyclic amines) is 1. The van der Waals surface area contributed by atoms with Crippen molar-refractivity contribution in [3.63, 3.8) is 0 Å². The number of likely N-dealkylation sites (N-methyl/N-ethyl adjacent to an activating group) is 1. The Hall–Kier alpha value is -2.95. The van der Waals surface area contributed by atoms with Crippen LogP contribution in [0.5, 0.6) is 0 Å². The topological polar surface area (TPSA) is 43.8 Å². The minimum absolute atomic E-state index is 0.228. The highest BCUT2D eigenvalue weighted by molar-refractivity contribution is 5.90. The fraction of sp³-hybridized carbons (Fsp3) is 0.345. The normalized spacial score (nSPS) is 22.1. The smallest absolute Gasteiger partial charge is 0.263 e. The fourth-order valence-corrected chi connectivity index (χ4v) is 5.59. The predicted octanol–water partition coefficient (Wildman–Crippen LogP) is 4.15. The Morgan fingerprint density at radius 3 is 1.85 bits per heavy atom. The highest BCUT2D eigenvalue weighted by Crippen LogP contribution is 2.52. The number of fused-ring (bicyclic) bond motifs is 1. The van der Waals surface area contributed by atoms with Gasteiger partial charge in [0.15, 0.2) is 5.60 Å². The van der Waals surface area contributed by atoms with Crippen molar-refractivity contribution in [1.82, 2.24) is 9.80 Å². The molecule has 1 saturated heterocycles. The molecule has 1 saturated carbocycles. The lowest BCUT2D eigenvalue weighted by Gasteiger charge is -2.34. The molecule has 2 atom stereocenters. The second-order valence-corrected chi connectivity index (χ2v) is 9.46. The number of hydrogen-bond acceptors (Lipinski definition) is 3. The van der Waals surface area contributed by atoms with E-state index in [0.717, 1.165) is 19.6 Å². The summed E-state index contributed by atoms with van der Waals surface area (Å²) in [6.45, 7) is 6.50. The van der Waals surface area contributed by atoms with Crippen LogP contribution in [0, 0.1) is 17.8 Å². The monoisotopic (exact) mass is 440 g/mol. The average molecular weight is 441 g/mol. The quantitative estimate of drug-likeness (QED) is 0.572. The highest BCUT2D eigenvalue weighted by Gasteiger charge is 2.56. The number of rotatable bonds is 8. The summed E-state index contributed by atoms with van der Waals surface area (Å²) in [5.74, 6) is 1.60. The first-order valence-corrected chi connectivity index (χ1v) is 12.0. The zero-order valence-corrected chi connectivity index (χ0v) is 19.2. The van der Waals surface area contributed by atoms with Crippen LogP contribution < -0.4 is 0 Å². The summed E-state index contributed by atoms with van der Waals surface area (Å²) in [5.41, 5.74) is 0.910. The maximum absolute atomic E-state index is 13.9. The molecule has 1 aliphatic carbocycles. The van der Waals surface area contributed by atoms with E-state index in [1.54, 1.807) is 0 Å². The van der Waals surface area contributed by atoms with E-state index in [1.807, 2.05) is 72.5 Å². The van der Waals surface area contributed by atoms with Crippen LogP contribution in [0.1, 0.15) is 23.6 Å². The number of nitrogens with zero attached hydrogens (tertiary/aromatic N) is 2. The number of benzene rings is 3. The van der Waals surface area contributed by atoms with Crippen molar-refractivity contribution in [2.45, 2.75) is 19.1 Å². The third-order valence-electron chi connectivity index (χ3n) is 7.49. The van der Waals surface area contributed by atoms with Gasteiger partial charge in [0.1, 0.15) is 0 Å². The summed E-state index contributed by atoms with van der Waals surface area (Å²) in [6, 6.07) is 29.3. The second-order valence-electron chi connectivity index (χ2n) is 9.46. The van der Waals surface area contributed by atoms with E-state index >= 15 is 0 Å². The van der Waals surface area contributed by atoms with Crippen molar-refractivity contribution in [2.24, 2.45) is 17.8 Å². The average Bonchev–Trinajstić information content (AvgIpc) is 3.31. The van der Waals surface area contributed by atoms with Gasteiger partial charge in [-0.1, -0.05) is 91.0 Å². The number of piperidine rings is 1. The van der Waals surface area contributed by atoms with Crippen LogP contribution in [-0.4, -0.2) is 47.0 Å². The number of hydrogen-bond donors (Lipinski definition) is 1. The Morgan fingerprint density at radius 1 is 0.879 bits per heavy atom. The van der Waals surface area contributed by atoms with Crippen LogP contribution in [0.3, 0.4) is 0 Å². The first-order valence-electron chi connectivity index (χ1n) is 12.0. The van der Waals surface area contributed by atoms with Gasteiger partial charge in [0.25, 0.3) is 5.91 Å². The van der Waals surface area contributed by atoms with Crippen molar-refractivity contribution in [3.8, 4) is 0 Å². The molecule has 2 unspecified atom stereocenters. The number of carbonyl (C=O) groups is 1. The maximum Gasteiger partial charge on any atom is 0.263 e. The van der Waals surface area contributed by atoms with E-state index in [0.29, 0.717) is 42.0 Å². The van der Waals surface area contributed by atoms with Gasteiger partial charge in [-0.2, -0.15) is 0 Å². The number of amides is 1. The van der Waals surface area contributed by atoms with Gasteiger partial charge in [0, 0.05) is 32.7 Å². The summed E-state index contributed by atoms with van der Waals surface area (Å²) in [5, 5.41) is 11.9. The van der Waals surface area contributed by atoms with Gasteiger partial charge in [-0.05, 0) is 41.4 Å². The van der Waals surface area contributed by atoms with Crippen LogP contribution >= 0.6 is 0 Å². The van der Waals surface area contributed by atoms with Gasteiger partial charge in [-0.3, -0.25) is 9.69 Å². The summed E-state index contributed by atoms with van der Waals surface area (Å²) < 4.78 is 0. The van der Waals surface area contributed by atoms with Gasteiger partial charge < -0.3 is 10.0 Å². The molecule has 1 N–H and O–H groups in total. The number of carbonyl (C=O) groups excluding carboxylic acids is 1. The lowest BCUT2D eigenvalue weighted by molar-refractivity contribution is -0.148. The molecule has 2 aliphatic rings. The minimum atomic E-state index is -1.68. The first-order chi connectivity index (χ1) is 16.1. The second kappa shape index (κ2) is 9.12. The lowest BCUT2D eigenvalue weighted by atomic mass is 9.85. The molecule has 33 heavy (non-hydrogen) atoms. The molecule has 0 aromatic heterocycles. The van der Waals surface area contributed by atoms with Gasteiger partial charge in [-0.25, -0.2) is 0 Å². The molecule has 0 spiro atoms. The summed E-state index contributed by atoms with van der Waals surface area (Å²) in [7, 11) is 0. The Labute approximate surface area is 196 Å². The van der Waals surface area contributed by atoms with Crippen LogP contribution in [0.2, 0.25) is 0 Å². The summed E-state index contributed by atoms with van der Waals surface area (Å²) >= 11 is 0. The maximum atomic E-state index is 13.9. The summed E-state index contributed by atoms with van der Waals surface area (Å²) in [4.78, 5) is 18.2. The van der Waals surface area contributed by atoms with Gasteiger partial charge >= 0.3 is 0 Å². The largest absolute Gasteiger partial charge is 0.372 e. The van der Waals surface area contributed by atoms with Crippen LogP contribution in [0.25, 0.3) is 0 Å². The Morgan fingerprint density at radius 2 is 1.36 bits per heavy atom. The lowest BCUT2D eigenvalue weighted by Crippen LogP contribution is -2.48. The van der Waals surface area contributed by atoms with Gasteiger partial charge in [-0.15, -0.1) is 0 Å². The van der Waals surface area contributed by atoms with Crippen LogP contribution in [-0.2, 0) is 16.9 Å². The van der Waals surface area contributed by atoms with Crippen molar-refractivity contribution < 1.29 is 9.90 Å². The molecule has 1 heterocycles. The van der Waals surface area contributed by atoms with Gasteiger partial charge in [0.2, 0.25) is 0 Å². The Kier molecular flexibility index (Phi) is 6.05. The van der Waals surface area contributed by atoms with E-state index in [1.165, 1.54) is 5.56 Å². The van der Waals surface area contributed by atoms with Crippen LogP contribution in [0.4, 0.5) is 0 Å². The molecule has 170 valence electrons. The van der Waals surface area contributed by atoms with Crippen LogP contribution in [0.15, 0.2) is 91.0 Å². The van der Waals surface area contributed by atoms with E-state index in [2.05, 4.69) is 35.2 Å². The fourth-order valence-electron chi connectivity index (χ4n) is 5.59. The zero-order chi connectivity index (χ0) is 22.8. The molecule has 1 amide bonds. The molecular weight excluding hydrogens is 408 g/mol. The first kappa shape index (κ1) is 21.9. The highest BCUT2D eigenvalue weighted by atomic mass is 16.3. The van der Waals surface area contributed by atoms with E-state index in [4.69, 9.17) is 0 Å². The SMILES string of the molecule is CCN(CC1C2CN(Cc3ccccc3)CC21)C(=O)C(O)(c1ccccc1)c1ccccc1. The third-order valence-corrected chi connectivity index (χ3v) is 7.49. The summed E-state index contributed by atoms with van der Waals surface area (Å²) in [6.07, 6.45) is 0. The standard InChI is InChI=1S/C29H32N2O2/c1-2-31(21-27-25-19-30(20-26(25)27)18-22-12-6-3-7-13-22)28(32)29(33,23-14-8-4-9-15-23)24-16-10-5-11-17-24/h3-17,25-27,33H,2,18-21H2,1H3. The molecule has 3 aromatic rings. The molecule has 5 rings (SSSR count). The van der Waals surface area contributed by atoms with E-state index in [9.17, 15) is 9.90 Å². The Bertz CT molecular complexity index is 1020. The number of aliphatic hydroxyl groups is 1. The molecule has 3 aromatic carbocycles. The molecule has 0 radical (unpaired) electrons. The van der Waals surface area contributed by atoms with Crippen molar-refractivity contribution in [3.05, 3.63) is 108 Å². The predicted molar refractivity (Wildman–Crippen MR) is 130 cm³/mol. The molecule has 4 nitrogen and oxygen atoms in total. The van der Waals surface area contributed by atoms with Crippen molar-refractivity contribution >= 4 is 5.91 Å². The molecule has 2 fully saturated rings. The Balaban J connectivity index is 1.29. The van der Waals surface area contributed by atoms with Crippen molar-refractivity contribution in [2.75, 3.05) is 26.2 Å². The zero-order valence-electron chi connectivity index (χ0n) is 19.2. The molecule has 1 aliphatic heterocycles. The third kappa shape index (κ3) is 4.21. The van der Waals surface area contributed by atoms with E-state index < -0.39 is 5.60 Å². The van der Waals surface area contributed by atoms with Gasteiger partial charge in [0.05, 0.1) is 0 Å².